The summed E-state index contributed by atoms with van der Waals surface area (Å²) in [6, 6.07) is 0. The zero-order valence-electron chi connectivity index (χ0n) is 10.2. The summed E-state index contributed by atoms with van der Waals surface area (Å²) in [6.07, 6.45) is 0. The highest BCUT2D eigenvalue weighted by Gasteiger charge is 2.06. The Hall–Kier alpha value is -1.63. The highest BCUT2D eigenvalue weighted by molar-refractivity contribution is 5.88. The number of rotatable bonds is 8. The topological polar surface area (TPSA) is 96.5 Å². The number of likely N-dealkylation sites (N-methyl/N-ethyl adjacent to an activating group) is 1. The minimum absolute atomic E-state index is 0.0693. The van der Waals surface area contributed by atoms with Crippen molar-refractivity contribution >= 4 is 17.7 Å². The fraction of sp³-hybridized carbons (Fsp3) is 0.700. The second-order valence-electron chi connectivity index (χ2n) is 3.14. The van der Waals surface area contributed by atoms with E-state index < -0.39 is 5.91 Å². The van der Waals surface area contributed by atoms with Crippen LogP contribution >= 0.6 is 0 Å². The Morgan fingerprint density at radius 3 is 1.94 bits per heavy atom. The fourth-order valence-corrected chi connectivity index (χ4v) is 0.926. The van der Waals surface area contributed by atoms with Gasteiger partial charge in [-0.2, -0.15) is 0 Å². The van der Waals surface area contributed by atoms with E-state index in [1.807, 2.05) is 0 Å². The molecule has 0 aromatic heterocycles. The van der Waals surface area contributed by atoms with Crippen molar-refractivity contribution in [2.45, 2.75) is 13.8 Å². The molecule has 0 unspecified atom stereocenters. The lowest BCUT2D eigenvalue weighted by Crippen LogP contribution is -2.42. The van der Waals surface area contributed by atoms with Crippen LogP contribution in [0.25, 0.3) is 0 Å². The Bertz CT molecular complexity index is 268. The number of nitrogens with one attached hydrogen (secondary N) is 3. The van der Waals surface area contributed by atoms with Gasteiger partial charge in [-0.05, 0) is 13.8 Å². The quantitative estimate of drug-likeness (QED) is 0.479. The van der Waals surface area contributed by atoms with E-state index in [0.717, 1.165) is 0 Å². The molecule has 7 heteroatoms. The molecule has 0 rings (SSSR count). The maximum Gasteiger partial charge on any atom is 0.246 e. The van der Waals surface area contributed by atoms with Gasteiger partial charge in [-0.15, -0.1) is 0 Å². The third-order valence-corrected chi connectivity index (χ3v) is 1.70. The molecule has 0 bridgehead atoms. The number of carbonyl (C=O) groups is 3. The van der Waals surface area contributed by atoms with Crippen molar-refractivity contribution in [3.63, 3.8) is 0 Å². The maximum absolute atomic E-state index is 11.2. The van der Waals surface area contributed by atoms with Gasteiger partial charge in [0.15, 0.2) is 0 Å². The Morgan fingerprint density at radius 2 is 1.41 bits per heavy atom. The summed E-state index contributed by atoms with van der Waals surface area (Å²) in [5, 5.41) is 7.27. The van der Waals surface area contributed by atoms with Crippen LogP contribution in [0.4, 0.5) is 0 Å². The highest BCUT2D eigenvalue weighted by atomic mass is 16.5. The highest BCUT2D eigenvalue weighted by Crippen LogP contribution is 1.74. The summed E-state index contributed by atoms with van der Waals surface area (Å²) < 4.78 is 4.85. The number of carbonyl (C=O) groups excluding carboxylic acids is 3. The van der Waals surface area contributed by atoms with E-state index in [-0.39, 0.29) is 31.5 Å². The van der Waals surface area contributed by atoms with Crippen LogP contribution in [0, 0.1) is 0 Å². The van der Waals surface area contributed by atoms with Gasteiger partial charge in [-0.25, -0.2) is 0 Å². The standard InChI is InChI=1S/C10H19N3O4/c1-3-11-8(14)5-12-9(15)6-13-10(16)7-17-4-2/h3-7H2,1-2H3,(H,11,14)(H,12,15)(H,13,16). The van der Waals surface area contributed by atoms with Crippen molar-refractivity contribution in [1.82, 2.24) is 16.0 Å². The number of hydrogen-bond acceptors (Lipinski definition) is 4. The average molecular weight is 245 g/mol. The maximum atomic E-state index is 11.2. The monoisotopic (exact) mass is 245 g/mol. The van der Waals surface area contributed by atoms with Crippen LogP contribution in [0.3, 0.4) is 0 Å². The SMILES string of the molecule is CCNC(=O)CNC(=O)CNC(=O)COCC. The summed E-state index contributed by atoms with van der Waals surface area (Å²) in [4.78, 5) is 33.2. The van der Waals surface area contributed by atoms with Gasteiger partial charge in [0.2, 0.25) is 17.7 Å². The van der Waals surface area contributed by atoms with Gasteiger partial charge in [-0.1, -0.05) is 0 Å². The predicted molar refractivity (Wildman–Crippen MR) is 61.2 cm³/mol. The number of hydrogen-bond donors (Lipinski definition) is 3. The molecule has 3 N–H and O–H groups in total. The molecule has 0 saturated carbocycles. The first-order valence-electron chi connectivity index (χ1n) is 5.48. The minimum Gasteiger partial charge on any atom is -0.372 e. The van der Waals surface area contributed by atoms with Gasteiger partial charge in [0, 0.05) is 13.2 Å². The van der Waals surface area contributed by atoms with Crippen LogP contribution in [0.15, 0.2) is 0 Å². The third kappa shape index (κ3) is 9.31. The van der Waals surface area contributed by atoms with Crippen LogP contribution in [0.1, 0.15) is 13.8 Å². The Balaban J connectivity index is 3.59. The van der Waals surface area contributed by atoms with E-state index in [4.69, 9.17) is 4.74 Å². The van der Waals surface area contributed by atoms with Crippen LogP contribution in [-0.4, -0.2) is 50.6 Å². The van der Waals surface area contributed by atoms with Crippen molar-refractivity contribution in [2.75, 3.05) is 32.8 Å². The Morgan fingerprint density at radius 1 is 0.882 bits per heavy atom. The molecule has 0 spiro atoms. The predicted octanol–water partition coefficient (Wildman–Crippen LogP) is -1.61. The first kappa shape index (κ1) is 15.4. The zero-order valence-corrected chi connectivity index (χ0v) is 10.2. The molecule has 0 aromatic rings. The van der Waals surface area contributed by atoms with Crippen molar-refractivity contribution in [2.24, 2.45) is 0 Å². The van der Waals surface area contributed by atoms with Gasteiger partial charge >= 0.3 is 0 Å². The second kappa shape index (κ2) is 9.59. The van der Waals surface area contributed by atoms with Gasteiger partial charge in [-0.3, -0.25) is 14.4 Å². The lowest BCUT2D eigenvalue weighted by Gasteiger charge is -2.06. The van der Waals surface area contributed by atoms with E-state index in [1.54, 1.807) is 13.8 Å². The molecule has 98 valence electrons. The van der Waals surface area contributed by atoms with Gasteiger partial charge in [0.05, 0.1) is 13.1 Å². The molecule has 0 aliphatic heterocycles. The molecule has 3 amide bonds. The van der Waals surface area contributed by atoms with E-state index in [0.29, 0.717) is 13.2 Å². The smallest absolute Gasteiger partial charge is 0.246 e. The molecule has 7 nitrogen and oxygen atoms in total. The summed E-state index contributed by atoms with van der Waals surface area (Å²) in [6.45, 7) is 4.19. The van der Waals surface area contributed by atoms with Crippen molar-refractivity contribution in [3.05, 3.63) is 0 Å². The molecule has 0 atom stereocenters. The molecule has 0 aromatic carbocycles. The molecule has 0 aliphatic carbocycles. The fourth-order valence-electron chi connectivity index (χ4n) is 0.926. The van der Waals surface area contributed by atoms with Gasteiger partial charge < -0.3 is 20.7 Å². The minimum atomic E-state index is -0.416. The molecule has 0 saturated heterocycles. The van der Waals surface area contributed by atoms with E-state index in [1.165, 1.54) is 0 Å². The van der Waals surface area contributed by atoms with E-state index >= 15 is 0 Å². The molecular weight excluding hydrogens is 226 g/mol. The molecular formula is C10H19N3O4. The van der Waals surface area contributed by atoms with Crippen LogP contribution in [-0.2, 0) is 19.1 Å². The lowest BCUT2D eigenvalue weighted by atomic mass is 10.5. The van der Waals surface area contributed by atoms with Gasteiger partial charge in [0.25, 0.3) is 0 Å². The zero-order chi connectivity index (χ0) is 13.1. The van der Waals surface area contributed by atoms with Crippen molar-refractivity contribution < 1.29 is 19.1 Å². The normalized spacial score (nSPS) is 9.53. The molecule has 0 aliphatic rings. The summed E-state index contributed by atoms with van der Waals surface area (Å²) in [5.74, 6) is -1.04. The largest absolute Gasteiger partial charge is 0.372 e. The van der Waals surface area contributed by atoms with Crippen LogP contribution < -0.4 is 16.0 Å². The van der Waals surface area contributed by atoms with Crippen LogP contribution in [0.2, 0.25) is 0 Å². The lowest BCUT2D eigenvalue weighted by molar-refractivity contribution is -0.129. The Kier molecular flexibility index (Phi) is 8.67. The Labute approximate surface area is 100 Å². The third-order valence-electron chi connectivity index (χ3n) is 1.70. The first-order chi connectivity index (χ1) is 8.10. The number of amides is 3. The number of ether oxygens (including phenoxy) is 1. The van der Waals surface area contributed by atoms with Crippen molar-refractivity contribution in [1.29, 1.82) is 0 Å². The molecule has 0 fully saturated rings. The average Bonchev–Trinajstić information content (AvgIpc) is 2.31. The van der Waals surface area contributed by atoms with E-state index in [9.17, 15) is 14.4 Å². The van der Waals surface area contributed by atoms with Crippen molar-refractivity contribution in [3.8, 4) is 0 Å². The molecule has 17 heavy (non-hydrogen) atoms. The van der Waals surface area contributed by atoms with Crippen LogP contribution in [0.5, 0.6) is 0 Å². The summed E-state index contributed by atoms with van der Waals surface area (Å²) >= 11 is 0. The first-order valence-corrected chi connectivity index (χ1v) is 5.48. The summed E-state index contributed by atoms with van der Waals surface area (Å²) in [5.41, 5.74) is 0. The second-order valence-corrected chi connectivity index (χ2v) is 3.14. The molecule has 0 heterocycles. The summed E-state index contributed by atoms with van der Waals surface area (Å²) in [7, 11) is 0. The molecule has 0 radical (unpaired) electrons. The van der Waals surface area contributed by atoms with E-state index in [2.05, 4.69) is 16.0 Å². The van der Waals surface area contributed by atoms with Gasteiger partial charge in [0.1, 0.15) is 6.61 Å².